The molecular weight excluding hydrogens is 246 g/mol. The van der Waals surface area contributed by atoms with Crippen LogP contribution in [0, 0.1) is 0 Å². The van der Waals surface area contributed by atoms with Gasteiger partial charge in [0.15, 0.2) is 0 Å². The molecule has 1 fully saturated rings. The Kier molecular flexibility index (Phi) is 3.81. The molecule has 1 N–H and O–H groups in total. The van der Waals surface area contributed by atoms with Crippen molar-refractivity contribution in [2.45, 2.75) is 26.3 Å². The molecule has 0 spiro atoms. The summed E-state index contributed by atoms with van der Waals surface area (Å²) in [6, 6.07) is 6.75. The maximum Gasteiger partial charge on any atom is 0.0516 e. The van der Waals surface area contributed by atoms with Crippen LogP contribution in [0.5, 0.6) is 0 Å². The highest BCUT2D eigenvalue weighted by Gasteiger charge is 2.16. The second-order valence-electron chi connectivity index (χ2n) is 6.19. The van der Waals surface area contributed by atoms with Crippen LogP contribution in [0.3, 0.4) is 0 Å². The summed E-state index contributed by atoms with van der Waals surface area (Å²) in [4.78, 5) is 2.55. The number of nitrogens with zero attached hydrogens (tertiary/aromatic N) is 2. The van der Waals surface area contributed by atoms with Crippen molar-refractivity contribution in [1.82, 2.24) is 14.8 Å². The molecule has 0 amide bonds. The second-order valence-corrected chi connectivity index (χ2v) is 6.19. The predicted molar refractivity (Wildman–Crippen MR) is 85.2 cm³/mol. The first-order valence-corrected chi connectivity index (χ1v) is 7.66. The van der Waals surface area contributed by atoms with Crippen LogP contribution in [0.1, 0.15) is 30.9 Å². The molecule has 3 heteroatoms. The summed E-state index contributed by atoms with van der Waals surface area (Å²) in [6.07, 6.45) is 2.32. The number of nitrogens with one attached hydrogen (secondary N) is 1. The Morgan fingerprint density at radius 2 is 1.95 bits per heavy atom. The highest BCUT2D eigenvalue weighted by atomic mass is 15.2. The summed E-state index contributed by atoms with van der Waals surface area (Å²) in [6.45, 7) is 10.2. The van der Waals surface area contributed by atoms with Crippen LogP contribution in [0.25, 0.3) is 10.9 Å². The molecule has 0 radical (unpaired) electrons. The number of fused-ring (bicyclic) bond motifs is 1. The van der Waals surface area contributed by atoms with E-state index in [1.54, 1.807) is 0 Å². The van der Waals surface area contributed by atoms with Crippen LogP contribution in [-0.2, 0) is 13.6 Å². The molecule has 2 heterocycles. The van der Waals surface area contributed by atoms with Crippen molar-refractivity contribution in [1.29, 1.82) is 0 Å². The molecule has 0 aliphatic carbocycles. The molecule has 0 unspecified atom stereocenters. The molecule has 0 atom stereocenters. The van der Waals surface area contributed by atoms with Crippen LogP contribution < -0.4 is 5.32 Å². The Morgan fingerprint density at radius 1 is 1.20 bits per heavy atom. The Labute approximate surface area is 121 Å². The number of piperazine rings is 1. The van der Waals surface area contributed by atoms with Gasteiger partial charge in [0.25, 0.3) is 0 Å². The van der Waals surface area contributed by atoms with Gasteiger partial charge in [-0.15, -0.1) is 0 Å². The summed E-state index contributed by atoms with van der Waals surface area (Å²) >= 11 is 0. The van der Waals surface area contributed by atoms with Crippen LogP contribution in [0.15, 0.2) is 24.4 Å². The third-order valence-corrected chi connectivity index (χ3v) is 4.34. The van der Waals surface area contributed by atoms with E-state index in [1.165, 1.54) is 22.0 Å². The number of aromatic nitrogens is 1. The van der Waals surface area contributed by atoms with Gasteiger partial charge in [0, 0.05) is 51.4 Å². The molecular formula is C17H25N3. The van der Waals surface area contributed by atoms with Crippen LogP contribution in [-0.4, -0.2) is 35.6 Å². The van der Waals surface area contributed by atoms with Crippen molar-refractivity contribution in [3.8, 4) is 0 Å². The van der Waals surface area contributed by atoms with Crippen molar-refractivity contribution in [2.24, 2.45) is 7.05 Å². The fraction of sp³-hybridized carbons (Fsp3) is 0.529. The number of para-hydroxylation sites is 1. The predicted octanol–water partition coefficient (Wildman–Crippen LogP) is 2.71. The zero-order valence-electron chi connectivity index (χ0n) is 12.8. The molecule has 1 aliphatic heterocycles. The minimum atomic E-state index is 0.569. The van der Waals surface area contributed by atoms with E-state index in [1.807, 2.05) is 0 Å². The zero-order valence-corrected chi connectivity index (χ0v) is 12.8. The van der Waals surface area contributed by atoms with E-state index in [9.17, 15) is 0 Å². The normalized spacial score (nSPS) is 17.2. The Hall–Kier alpha value is -1.32. The highest BCUT2D eigenvalue weighted by Crippen LogP contribution is 2.29. The lowest BCUT2D eigenvalue weighted by Gasteiger charge is -2.26. The zero-order chi connectivity index (χ0) is 14.1. The summed E-state index contributed by atoms with van der Waals surface area (Å²) in [5.41, 5.74) is 4.33. The van der Waals surface area contributed by atoms with Gasteiger partial charge < -0.3 is 9.88 Å². The molecule has 1 aliphatic rings. The molecule has 0 saturated carbocycles. The van der Waals surface area contributed by atoms with Gasteiger partial charge in [-0.05, 0) is 17.0 Å². The minimum Gasteiger partial charge on any atom is -0.350 e. The third kappa shape index (κ3) is 2.48. The van der Waals surface area contributed by atoms with Gasteiger partial charge in [0.05, 0.1) is 5.52 Å². The van der Waals surface area contributed by atoms with Gasteiger partial charge in [-0.3, -0.25) is 4.90 Å². The molecule has 1 aromatic carbocycles. The second kappa shape index (κ2) is 5.58. The Balaban J connectivity index is 1.97. The van der Waals surface area contributed by atoms with Crippen LogP contribution in [0.2, 0.25) is 0 Å². The monoisotopic (exact) mass is 271 g/mol. The fourth-order valence-electron chi connectivity index (χ4n) is 3.28. The number of hydrogen-bond donors (Lipinski definition) is 1. The molecule has 1 saturated heterocycles. The third-order valence-electron chi connectivity index (χ3n) is 4.34. The maximum atomic E-state index is 3.42. The molecule has 3 rings (SSSR count). The van der Waals surface area contributed by atoms with Crippen molar-refractivity contribution < 1.29 is 0 Å². The lowest BCUT2D eigenvalue weighted by atomic mass is 9.99. The molecule has 2 aromatic rings. The molecule has 20 heavy (non-hydrogen) atoms. The average molecular weight is 271 g/mol. The van der Waals surface area contributed by atoms with Gasteiger partial charge >= 0.3 is 0 Å². The van der Waals surface area contributed by atoms with E-state index in [-0.39, 0.29) is 0 Å². The van der Waals surface area contributed by atoms with Crippen LogP contribution in [0.4, 0.5) is 0 Å². The van der Waals surface area contributed by atoms with Crippen LogP contribution >= 0.6 is 0 Å². The largest absolute Gasteiger partial charge is 0.350 e. The van der Waals surface area contributed by atoms with Crippen molar-refractivity contribution in [3.05, 3.63) is 35.5 Å². The van der Waals surface area contributed by atoms with Gasteiger partial charge in [-0.25, -0.2) is 0 Å². The number of benzene rings is 1. The first-order valence-electron chi connectivity index (χ1n) is 7.66. The summed E-state index contributed by atoms with van der Waals surface area (Å²) in [5.74, 6) is 0.569. The minimum absolute atomic E-state index is 0.569. The van der Waals surface area contributed by atoms with E-state index < -0.39 is 0 Å². The lowest BCUT2D eigenvalue weighted by molar-refractivity contribution is 0.234. The Morgan fingerprint density at radius 3 is 2.65 bits per heavy atom. The smallest absolute Gasteiger partial charge is 0.0516 e. The first-order chi connectivity index (χ1) is 9.66. The highest BCUT2D eigenvalue weighted by molar-refractivity contribution is 5.87. The van der Waals surface area contributed by atoms with E-state index in [0.717, 1.165) is 32.7 Å². The average Bonchev–Trinajstić information content (AvgIpc) is 2.77. The SMILES string of the molecule is CC(C)c1cccc2c(CN3CCNCC3)cn(C)c12. The van der Waals surface area contributed by atoms with E-state index in [0.29, 0.717) is 5.92 Å². The van der Waals surface area contributed by atoms with Crippen molar-refractivity contribution in [2.75, 3.05) is 26.2 Å². The van der Waals surface area contributed by atoms with Crippen molar-refractivity contribution >= 4 is 10.9 Å². The lowest BCUT2D eigenvalue weighted by Crippen LogP contribution is -2.42. The van der Waals surface area contributed by atoms with E-state index in [2.05, 4.69) is 60.1 Å². The molecule has 0 bridgehead atoms. The molecule has 3 nitrogen and oxygen atoms in total. The van der Waals surface area contributed by atoms with Gasteiger partial charge in [0.2, 0.25) is 0 Å². The van der Waals surface area contributed by atoms with E-state index >= 15 is 0 Å². The van der Waals surface area contributed by atoms with E-state index in [4.69, 9.17) is 0 Å². The van der Waals surface area contributed by atoms with Crippen molar-refractivity contribution in [3.63, 3.8) is 0 Å². The standard InChI is InChI=1S/C17H25N3/c1-13(2)15-5-4-6-16-14(11-19(3)17(15)16)12-20-9-7-18-8-10-20/h4-6,11,13,18H,7-10,12H2,1-3H3. The summed E-state index contributed by atoms with van der Waals surface area (Å²) in [5, 5.41) is 4.85. The molecule has 108 valence electrons. The van der Waals surface area contributed by atoms with Gasteiger partial charge in [0.1, 0.15) is 0 Å². The van der Waals surface area contributed by atoms with Gasteiger partial charge in [-0.2, -0.15) is 0 Å². The maximum absolute atomic E-state index is 3.42. The summed E-state index contributed by atoms with van der Waals surface area (Å²) < 4.78 is 2.31. The summed E-state index contributed by atoms with van der Waals surface area (Å²) in [7, 11) is 2.18. The quantitative estimate of drug-likeness (QED) is 0.926. The molecule has 1 aromatic heterocycles. The topological polar surface area (TPSA) is 20.2 Å². The number of hydrogen-bond acceptors (Lipinski definition) is 2. The first kappa shape index (κ1) is 13.7. The van der Waals surface area contributed by atoms with Gasteiger partial charge in [-0.1, -0.05) is 32.0 Å². The Bertz CT molecular complexity index is 592. The fourth-order valence-corrected chi connectivity index (χ4v) is 3.28. The number of aryl methyl sites for hydroxylation is 1. The number of rotatable bonds is 3.